The van der Waals surface area contributed by atoms with Gasteiger partial charge >= 0.3 is 0 Å². The third-order valence-electron chi connectivity index (χ3n) is 5.79. The summed E-state index contributed by atoms with van der Waals surface area (Å²) in [6.45, 7) is 4.84. The van der Waals surface area contributed by atoms with Crippen molar-refractivity contribution in [3.63, 3.8) is 0 Å². The van der Waals surface area contributed by atoms with E-state index in [0.717, 1.165) is 27.4 Å². The second-order valence-electron chi connectivity index (χ2n) is 8.05. The van der Waals surface area contributed by atoms with E-state index in [1.807, 2.05) is 47.7 Å². The number of rotatable bonds is 7. The molecule has 10 heteroatoms. The molecule has 0 atom stereocenters. The number of fused-ring (bicyclic) bond motifs is 1. The molecule has 1 aromatic heterocycles. The molecule has 0 spiro atoms. The van der Waals surface area contributed by atoms with Crippen molar-refractivity contribution in [1.82, 2.24) is 19.6 Å². The molecule has 0 aliphatic carbocycles. The fourth-order valence-corrected chi connectivity index (χ4v) is 4.26. The lowest BCUT2D eigenvalue weighted by molar-refractivity contribution is -0.385. The smallest absolute Gasteiger partial charge is 0.282 e. The summed E-state index contributed by atoms with van der Waals surface area (Å²) in [5, 5.41) is 16.6. The minimum Gasteiger partial charge on any atom is -0.284 e. The second-order valence-corrected chi connectivity index (χ2v) is 8.46. The highest BCUT2D eigenvalue weighted by Gasteiger charge is 2.41. The lowest BCUT2D eigenvalue weighted by atomic mass is 10.1. The lowest BCUT2D eigenvalue weighted by Crippen LogP contribution is -2.39. The van der Waals surface area contributed by atoms with Crippen molar-refractivity contribution in [1.29, 1.82) is 0 Å². The molecule has 1 aliphatic heterocycles. The van der Waals surface area contributed by atoms with Crippen LogP contribution in [0.4, 0.5) is 5.69 Å². The minimum atomic E-state index is -0.656. The highest BCUT2D eigenvalue weighted by Crippen LogP contribution is 2.31. The molecule has 4 rings (SSSR count). The van der Waals surface area contributed by atoms with Gasteiger partial charge in [-0.25, -0.2) is 0 Å². The zero-order chi connectivity index (χ0) is 23.9. The molecule has 2 heterocycles. The Kier molecular flexibility index (Phi) is 6.01. The number of aryl methyl sites for hydroxylation is 1. The summed E-state index contributed by atoms with van der Waals surface area (Å²) in [6, 6.07) is 11.7. The fourth-order valence-electron chi connectivity index (χ4n) is 4.06. The maximum atomic E-state index is 12.8. The van der Waals surface area contributed by atoms with Gasteiger partial charge in [-0.2, -0.15) is 5.10 Å². The first kappa shape index (κ1) is 22.6. The molecule has 2 aromatic carbocycles. The summed E-state index contributed by atoms with van der Waals surface area (Å²) in [4.78, 5) is 39.1. The normalized spacial score (nSPS) is 13.2. The van der Waals surface area contributed by atoms with Crippen LogP contribution >= 0.6 is 11.6 Å². The first-order valence-electron chi connectivity index (χ1n) is 10.3. The van der Waals surface area contributed by atoms with E-state index < -0.39 is 16.7 Å². The van der Waals surface area contributed by atoms with Gasteiger partial charge < -0.3 is 0 Å². The minimum absolute atomic E-state index is 0.00191. The SMILES string of the molecule is Cc1nn(Cc2ccccc2Cl)c(C)c1CN(C)CN1C(=O)c2cccc([N+](=O)[O-])c2C1=O. The zero-order valence-electron chi connectivity index (χ0n) is 18.4. The number of benzene rings is 2. The Morgan fingerprint density at radius 2 is 1.82 bits per heavy atom. The Morgan fingerprint density at radius 1 is 1.09 bits per heavy atom. The summed E-state index contributed by atoms with van der Waals surface area (Å²) in [5.74, 6) is -1.19. The molecule has 0 saturated heterocycles. The predicted molar refractivity (Wildman–Crippen MR) is 122 cm³/mol. The van der Waals surface area contributed by atoms with Crippen LogP contribution < -0.4 is 0 Å². The number of imide groups is 1. The number of nitro benzene ring substituents is 1. The summed E-state index contributed by atoms with van der Waals surface area (Å²) in [7, 11) is 1.78. The number of hydrogen-bond acceptors (Lipinski definition) is 6. The molecule has 170 valence electrons. The van der Waals surface area contributed by atoms with Gasteiger partial charge in [-0.05, 0) is 38.6 Å². The number of aromatic nitrogens is 2. The maximum absolute atomic E-state index is 12.8. The van der Waals surface area contributed by atoms with Gasteiger partial charge in [-0.1, -0.05) is 35.9 Å². The first-order chi connectivity index (χ1) is 15.7. The number of nitro groups is 1. The Labute approximate surface area is 195 Å². The molecule has 33 heavy (non-hydrogen) atoms. The molecule has 0 bridgehead atoms. The van der Waals surface area contributed by atoms with E-state index in [2.05, 4.69) is 5.10 Å². The monoisotopic (exact) mass is 467 g/mol. The fraction of sp³-hybridized carbons (Fsp3) is 0.261. The van der Waals surface area contributed by atoms with Crippen molar-refractivity contribution in [3.05, 3.63) is 91.2 Å². The van der Waals surface area contributed by atoms with Crippen molar-refractivity contribution in [3.8, 4) is 0 Å². The molecule has 0 radical (unpaired) electrons. The number of carbonyl (C=O) groups excluding carboxylic acids is 2. The zero-order valence-corrected chi connectivity index (χ0v) is 19.2. The maximum Gasteiger partial charge on any atom is 0.282 e. The molecule has 0 N–H and O–H groups in total. The van der Waals surface area contributed by atoms with Crippen LogP contribution in [0.3, 0.4) is 0 Å². The van der Waals surface area contributed by atoms with Crippen LogP contribution in [0.2, 0.25) is 5.02 Å². The Balaban J connectivity index is 1.51. The predicted octanol–water partition coefficient (Wildman–Crippen LogP) is 3.80. The number of amides is 2. The average molecular weight is 468 g/mol. The Hall–Kier alpha value is -3.56. The number of carbonyl (C=O) groups is 2. The van der Waals surface area contributed by atoms with Crippen LogP contribution in [0.1, 0.15) is 43.2 Å². The number of halogens is 1. The molecular formula is C23H22ClN5O4. The van der Waals surface area contributed by atoms with Gasteiger partial charge in [0.15, 0.2) is 0 Å². The molecule has 1 aliphatic rings. The van der Waals surface area contributed by atoms with Gasteiger partial charge in [0.25, 0.3) is 17.5 Å². The topological polar surface area (TPSA) is 102 Å². The van der Waals surface area contributed by atoms with E-state index in [0.29, 0.717) is 18.1 Å². The Morgan fingerprint density at radius 3 is 2.52 bits per heavy atom. The van der Waals surface area contributed by atoms with E-state index in [-0.39, 0.29) is 23.5 Å². The van der Waals surface area contributed by atoms with E-state index in [9.17, 15) is 19.7 Å². The summed E-state index contributed by atoms with van der Waals surface area (Å²) in [6.07, 6.45) is 0. The van der Waals surface area contributed by atoms with Crippen molar-refractivity contribution >= 4 is 29.1 Å². The van der Waals surface area contributed by atoms with Crippen LogP contribution in [0, 0.1) is 24.0 Å². The number of hydrogen-bond donors (Lipinski definition) is 0. The first-order valence-corrected chi connectivity index (χ1v) is 10.6. The second kappa shape index (κ2) is 8.76. The molecule has 0 fully saturated rings. The van der Waals surface area contributed by atoms with E-state index in [1.165, 1.54) is 18.2 Å². The molecular weight excluding hydrogens is 446 g/mol. The van der Waals surface area contributed by atoms with Gasteiger partial charge in [0, 0.05) is 28.9 Å². The van der Waals surface area contributed by atoms with E-state index >= 15 is 0 Å². The van der Waals surface area contributed by atoms with Crippen molar-refractivity contribution in [2.45, 2.75) is 26.9 Å². The van der Waals surface area contributed by atoms with Crippen molar-refractivity contribution in [2.24, 2.45) is 0 Å². The van der Waals surface area contributed by atoms with Gasteiger partial charge in [0.05, 0.1) is 29.4 Å². The van der Waals surface area contributed by atoms with Crippen LogP contribution in [-0.4, -0.2) is 50.0 Å². The van der Waals surface area contributed by atoms with Crippen LogP contribution in [0.15, 0.2) is 42.5 Å². The standard InChI is InChI=1S/C23H22ClN5O4/c1-14-18(15(2)28(25-14)11-16-7-4-5-9-19(16)24)12-26(3)13-27-22(30)17-8-6-10-20(29(32)33)21(17)23(27)31/h4-10H,11-13H2,1-3H3. The Bertz CT molecular complexity index is 1290. The lowest BCUT2D eigenvalue weighted by Gasteiger charge is -2.23. The van der Waals surface area contributed by atoms with Crippen LogP contribution in [0.5, 0.6) is 0 Å². The van der Waals surface area contributed by atoms with Crippen LogP contribution in [-0.2, 0) is 13.1 Å². The van der Waals surface area contributed by atoms with Crippen LogP contribution in [0.25, 0.3) is 0 Å². The third kappa shape index (κ3) is 4.12. The van der Waals surface area contributed by atoms with Gasteiger partial charge in [-0.3, -0.25) is 34.2 Å². The molecule has 3 aromatic rings. The largest absolute Gasteiger partial charge is 0.284 e. The number of nitrogens with zero attached hydrogens (tertiary/aromatic N) is 5. The average Bonchev–Trinajstić information content (AvgIpc) is 3.17. The van der Waals surface area contributed by atoms with Gasteiger partial charge in [0.2, 0.25) is 0 Å². The highest BCUT2D eigenvalue weighted by molar-refractivity contribution is 6.31. The van der Waals surface area contributed by atoms with Crippen molar-refractivity contribution < 1.29 is 14.5 Å². The molecule has 9 nitrogen and oxygen atoms in total. The van der Waals surface area contributed by atoms with E-state index in [1.54, 1.807) is 7.05 Å². The molecule has 2 amide bonds. The highest BCUT2D eigenvalue weighted by atomic mass is 35.5. The van der Waals surface area contributed by atoms with Crippen molar-refractivity contribution in [2.75, 3.05) is 13.7 Å². The van der Waals surface area contributed by atoms with E-state index in [4.69, 9.17) is 11.6 Å². The summed E-state index contributed by atoms with van der Waals surface area (Å²) < 4.78 is 1.88. The third-order valence-corrected chi connectivity index (χ3v) is 6.16. The van der Waals surface area contributed by atoms with Gasteiger partial charge in [0.1, 0.15) is 5.56 Å². The van der Waals surface area contributed by atoms with Gasteiger partial charge in [-0.15, -0.1) is 0 Å². The summed E-state index contributed by atoms with van der Waals surface area (Å²) >= 11 is 6.29. The quantitative estimate of drug-likeness (QED) is 0.297. The molecule has 0 unspecified atom stereocenters. The molecule has 0 saturated carbocycles. The summed E-state index contributed by atoms with van der Waals surface area (Å²) in [5.41, 5.74) is 3.28.